The highest BCUT2D eigenvalue weighted by atomic mass is 16.1. The Kier molecular flexibility index (Phi) is 4.24. The normalized spacial score (nSPS) is 21.0. The third-order valence-corrected chi connectivity index (χ3v) is 3.61. The lowest BCUT2D eigenvalue weighted by Crippen LogP contribution is -2.43. The third-order valence-electron chi connectivity index (χ3n) is 3.61. The molecule has 0 aromatic heterocycles. The molecule has 0 heterocycles. The molecule has 0 unspecified atom stereocenters. The van der Waals surface area contributed by atoms with Gasteiger partial charge in [0.1, 0.15) is 0 Å². The molecule has 0 bridgehead atoms. The summed E-state index contributed by atoms with van der Waals surface area (Å²) in [6.07, 6.45) is 2.16. The second kappa shape index (κ2) is 5.90. The average Bonchev–Trinajstić information content (AvgIpc) is 2.35. The molecule has 1 aliphatic carbocycles. The highest BCUT2D eigenvalue weighted by molar-refractivity contribution is 5.96. The Morgan fingerprint density at radius 2 is 2.21 bits per heavy atom. The van der Waals surface area contributed by atoms with Gasteiger partial charge in [0.2, 0.25) is 0 Å². The highest BCUT2D eigenvalue weighted by Crippen LogP contribution is 2.26. The molecule has 1 aromatic carbocycles. The van der Waals surface area contributed by atoms with Gasteiger partial charge in [0.05, 0.1) is 6.54 Å². The molecule has 1 saturated carbocycles. The van der Waals surface area contributed by atoms with Gasteiger partial charge in [-0.05, 0) is 43.4 Å². The van der Waals surface area contributed by atoms with Crippen molar-refractivity contribution in [1.29, 1.82) is 0 Å². The Morgan fingerprint density at radius 1 is 1.47 bits per heavy atom. The first-order valence-corrected chi connectivity index (χ1v) is 6.71. The van der Waals surface area contributed by atoms with Gasteiger partial charge in [-0.1, -0.05) is 24.8 Å². The number of benzene rings is 1. The Labute approximate surface area is 114 Å². The van der Waals surface area contributed by atoms with Crippen molar-refractivity contribution in [2.75, 3.05) is 6.54 Å². The number of rotatable bonds is 2. The van der Waals surface area contributed by atoms with Crippen LogP contribution in [0.2, 0.25) is 0 Å². The van der Waals surface area contributed by atoms with Crippen molar-refractivity contribution < 1.29 is 4.79 Å². The van der Waals surface area contributed by atoms with E-state index in [4.69, 9.17) is 5.73 Å². The summed E-state index contributed by atoms with van der Waals surface area (Å²) < 4.78 is 0. The summed E-state index contributed by atoms with van der Waals surface area (Å²) in [4.78, 5) is 12.2. The van der Waals surface area contributed by atoms with E-state index in [9.17, 15) is 4.79 Å². The second-order valence-corrected chi connectivity index (χ2v) is 5.23. The zero-order valence-electron chi connectivity index (χ0n) is 11.5. The first kappa shape index (κ1) is 13.6. The van der Waals surface area contributed by atoms with E-state index in [2.05, 4.69) is 24.1 Å². The summed E-state index contributed by atoms with van der Waals surface area (Å²) in [5.74, 6) is 6.56. The molecule has 3 nitrogen and oxygen atoms in total. The Morgan fingerprint density at radius 3 is 2.84 bits per heavy atom. The van der Waals surface area contributed by atoms with Gasteiger partial charge in [0.25, 0.3) is 5.91 Å². The molecule has 0 aliphatic heterocycles. The summed E-state index contributed by atoms with van der Waals surface area (Å²) >= 11 is 0. The summed E-state index contributed by atoms with van der Waals surface area (Å²) in [5.41, 5.74) is 7.89. The van der Waals surface area contributed by atoms with Crippen molar-refractivity contribution in [1.82, 2.24) is 5.32 Å². The van der Waals surface area contributed by atoms with Gasteiger partial charge < -0.3 is 11.1 Å². The largest absolute Gasteiger partial charge is 0.349 e. The third kappa shape index (κ3) is 3.15. The summed E-state index contributed by atoms with van der Waals surface area (Å²) in [6.45, 7) is 4.46. The smallest absolute Gasteiger partial charge is 0.251 e. The van der Waals surface area contributed by atoms with Crippen LogP contribution in [0.4, 0.5) is 0 Å². The van der Waals surface area contributed by atoms with E-state index in [-0.39, 0.29) is 5.91 Å². The van der Waals surface area contributed by atoms with Crippen LogP contribution >= 0.6 is 0 Å². The SMILES string of the molecule is Cc1c(C#CCN)cccc1C(=O)NC1CC(C)C1. The van der Waals surface area contributed by atoms with Crippen LogP contribution in [-0.4, -0.2) is 18.5 Å². The minimum absolute atomic E-state index is 0.00537. The molecule has 0 atom stereocenters. The molecule has 1 amide bonds. The molecule has 0 radical (unpaired) electrons. The van der Waals surface area contributed by atoms with E-state index < -0.39 is 0 Å². The van der Waals surface area contributed by atoms with Crippen LogP contribution in [-0.2, 0) is 0 Å². The zero-order valence-corrected chi connectivity index (χ0v) is 11.5. The average molecular weight is 256 g/mol. The lowest BCUT2D eigenvalue weighted by atomic mass is 9.82. The summed E-state index contributed by atoms with van der Waals surface area (Å²) in [7, 11) is 0. The van der Waals surface area contributed by atoms with Crippen LogP contribution in [0, 0.1) is 24.7 Å². The first-order chi connectivity index (χ1) is 9.11. The second-order valence-electron chi connectivity index (χ2n) is 5.23. The van der Waals surface area contributed by atoms with Crippen molar-refractivity contribution in [2.24, 2.45) is 11.7 Å². The number of nitrogens with one attached hydrogen (secondary N) is 1. The first-order valence-electron chi connectivity index (χ1n) is 6.71. The van der Waals surface area contributed by atoms with E-state index in [1.54, 1.807) is 0 Å². The van der Waals surface area contributed by atoms with Crippen LogP contribution < -0.4 is 11.1 Å². The fourth-order valence-corrected chi connectivity index (χ4v) is 2.45. The maximum Gasteiger partial charge on any atom is 0.251 e. The van der Waals surface area contributed by atoms with Gasteiger partial charge in [-0.2, -0.15) is 0 Å². The molecular weight excluding hydrogens is 236 g/mol. The van der Waals surface area contributed by atoms with E-state index in [1.807, 2.05) is 25.1 Å². The number of carbonyl (C=O) groups is 1. The maximum atomic E-state index is 12.2. The Bertz CT molecular complexity index is 533. The fourth-order valence-electron chi connectivity index (χ4n) is 2.45. The fraction of sp³-hybridized carbons (Fsp3) is 0.438. The lowest BCUT2D eigenvalue weighted by Gasteiger charge is -2.33. The number of hydrogen-bond donors (Lipinski definition) is 2. The van der Waals surface area contributed by atoms with Gasteiger partial charge in [-0.25, -0.2) is 0 Å². The quantitative estimate of drug-likeness (QED) is 0.793. The van der Waals surface area contributed by atoms with Gasteiger partial charge in [0.15, 0.2) is 0 Å². The standard InChI is InChI=1S/C16H20N2O/c1-11-9-14(10-11)18-16(19)15-7-3-5-13(12(15)2)6-4-8-17/h3,5,7,11,14H,8-10,17H2,1-2H3,(H,18,19). The van der Waals surface area contributed by atoms with Crippen molar-refractivity contribution >= 4 is 5.91 Å². The maximum absolute atomic E-state index is 12.2. The van der Waals surface area contributed by atoms with Crippen LogP contribution in [0.5, 0.6) is 0 Å². The highest BCUT2D eigenvalue weighted by Gasteiger charge is 2.27. The van der Waals surface area contributed by atoms with E-state index in [1.165, 1.54) is 0 Å². The van der Waals surface area contributed by atoms with E-state index in [0.29, 0.717) is 18.2 Å². The summed E-state index contributed by atoms with van der Waals surface area (Å²) in [6, 6.07) is 5.97. The van der Waals surface area contributed by atoms with Gasteiger partial charge in [0, 0.05) is 17.2 Å². The Balaban J connectivity index is 2.13. The molecule has 1 aromatic rings. The van der Waals surface area contributed by atoms with Crippen LogP contribution in [0.1, 0.15) is 41.3 Å². The molecule has 19 heavy (non-hydrogen) atoms. The van der Waals surface area contributed by atoms with Crippen molar-refractivity contribution in [3.63, 3.8) is 0 Å². The minimum atomic E-state index is 0.00537. The molecular formula is C16H20N2O. The van der Waals surface area contributed by atoms with Crippen molar-refractivity contribution in [3.05, 3.63) is 34.9 Å². The van der Waals surface area contributed by atoms with E-state index in [0.717, 1.165) is 29.9 Å². The van der Waals surface area contributed by atoms with Gasteiger partial charge in [-0.15, -0.1) is 0 Å². The molecule has 0 spiro atoms. The molecule has 100 valence electrons. The predicted molar refractivity (Wildman–Crippen MR) is 76.8 cm³/mol. The topological polar surface area (TPSA) is 55.1 Å². The van der Waals surface area contributed by atoms with Gasteiger partial charge >= 0.3 is 0 Å². The molecule has 2 rings (SSSR count). The van der Waals surface area contributed by atoms with Crippen LogP contribution in [0.15, 0.2) is 18.2 Å². The monoisotopic (exact) mass is 256 g/mol. The van der Waals surface area contributed by atoms with Crippen LogP contribution in [0.25, 0.3) is 0 Å². The van der Waals surface area contributed by atoms with Crippen LogP contribution in [0.3, 0.4) is 0 Å². The number of amides is 1. The zero-order chi connectivity index (χ0) is 13.8. The van der Waals surface area contributed by atoms with E-state index >= 15 is 0 Å². The molecule has 1 aliphatic rings. The molecule has 3 heteroatoms. The minimum Gasteiger partial charge on any atom is -0.349 e. The lowest BCUT2D eigenvalue weighted by molar-refractivity contribution is 0.0895. The number of nitrogens with two attached hydrogens (primary N) is 1. The summed E-state index contributed by atoms with van der Waals surface area (Å²) in [5, 5.41) is 3.08. The molecule has 3 N–H and O–H groups in total. The number of hydrogen-bond acceptors (Lipinski definition) is 2. The van der Waals surface area contributed by atoms with Crippen molar-refractivity contribution in [3.8, 4) is 11.8 Å². The number of carbonyl (C=O) groups excluding carboxylic acids is 1. The van der Waals surface area contributed by atoms with Gasteiger partial charge in [-0.3, -0.25) is 4.79 Å². The molecule has 0 saturated heterocycles. The Hall–Kier alpha value is -1.79. The predicted octanol–water partition coefficient (Wildman–Crippen LogP) is 1.83. The molecule has 1 fully saturated rings. The van der Waals surface area contributed by atoms with Crippen molar-refractivity contribution in [2.45, 2.75) is 32.7 Å².